The Labute approximate surface area is 87.5 Å². The summed E-state index contributed by atoms with van der Waals surface area (Å²) in [4.78, 5) is 12.1. The number of esters is 1. The predicted octanol–water partition coefficient (Wildman–Crippen LogP) is 2.82. The molecule has 0 aliphatic rings. The fraction of sp³-hybridized carbons (Fsp3) is 0.182. The second-order valence-electron chi connectivity index (χ2n) is 2.65. The van der Waals surface area contributed by atoms with Crippen molar-refractivity contribution in [2.75, 3.05) is 6.61 Å². The molecule has 0 fully saturated rings. The molecule has 0 unspecified atom stereocenters. The van der Waals surface area contributed by atoms with Gasteiger partial charge in [-0.3, -0.25) is 0 Å². The molecule has 3 heteroatoms. The van der Waals surface area contributed by atoms with E-state index in [-0.39, 0.29) is 12.6 Å². The van der Waals surface area contributed by atoms with Gasteiger partial charge in [0, 0.05) is 0 Å². The molecular weight excluding hydrogens is 196 g/mol. The maximum absolute atomic E-state index is 11.5. The Hall–Kier alpha value is -1.35. The molecule has 0 amide bonds. The van der Waals surface area contributed by atoms with Gasteiger partial charge in [0.05, 0.1) is 0 Å². The number of thiophene rings is 1. The molecule has 1 heterocycles. The van der Waals surface area contributed by atoms with Crippen LogP contribution in [0, 0.1) is 0 Å². The van der Waals surface area contributed by atoms with Crippen molar-refractivity contribution < 1.29 is 9.53 Å². The van der Waals surface area contributed by atoms with Crippen LogP contribution in [0.4, 0.5) is 0 Å². The first-order valence-corrected chi connectivity index (χ1v) is 5.12. The Morgan fingerprint density at radius 2 is 2.29 bits per heavy atom. The van der Waals surface area contributed by atoms with Gasteiger partial charge < -0.3 is 4.74 Å². The van der Waals surface area contributed by atoms with Crippen molar-refractivity contribution in [3.63, 3.8) is 0 Å². The summed E-state index contributed by atoms with van der Waals surface area (Å²) in [7, 11) is 0. The summed E-state index contributed by atoms with van der Waals surface area (Å²) in [5.41, 5.74) is 0.971. The fourth-order valence-electron chi connectivity index (χ4n) is 1.03. The van der Waals surface area contributed by atoms with Gasteiger partial charge in [0.25, 0.3) is 0 Å². The molecule has 0 saturated heterocycles. The first-order chi connectivity index (χ1) is 6.79. The topological polar surface area (TPSA) is 26.3 Å². The van der Waals surface area contributed by atoms with Gasteiger partial charge in [0.1, 0.15) is 11.5 Å². The maximum atomic E-state index is 11.5. The molecule has 0 aliphatic heterocycles. The lowest BCUT2D eigenvalue weighted by Crippen LogP contribution is -2.05. The second kappa shape index (κ2) is 5.40. The van der Waals surface area contributed by atoms with Gasteiger partial charge in [0.2, 0.25) is 0 Å². The summed E-state index contributed by atoms with van der Waals surface area (Å²) in [6.45, 7) is 7.37. The number of ether oxygens (including phenoxy) is 1. The lowest BCUT2D eigenvalue weighted by Gasteiger charge is -2.01. The Morgan fingerprint density at radius 1 is 1.50 bits per heavy atom. The molecule has 0 atom stereocenters. The van der Waals surface area contributed by atoms with Crippen molar-refractivity contribution in [1.29, 1.82) is 0 Å². The smallest absolute Gasteiger partial charge is 0.348 e. The van der Waals surface area contributed by atoms with Gasteiger partial charge in [-0.15, -0.1) is 17.9 Å². The van der Waals surface area contributed by atoms with E-state index in [0.29, 0.717) is 11.3 Å². The molecule has 1 aromatic heterocycles. The molecule has 1 aromatic rings. The normalized spacial score (nSPS) is 9.43. The van der Waals surface area contributed by atoms with Crippen LogP contribution in [0.25, 0.3) is 0 Å². The molecule has 0 aromatic carbocycles. The molecule has 2 nitrogen and oxygen atoms in total. The molecular formula is C11H12O2S. The van der Waals surface area contributed by atoms with Gasteiger partial charge in [-0.1, -0.05) is 18.7 Å². The molecule has 0 bridgehead atoms. The van der Waals surface area contributed by atoms with Crippen molar-refractivity contribution in [1.82, 2.24) is 0 Å². The molecule has 0 radical (unpaired) electrons. The summed E-state index contributed by atoms with van der Waals surface area (Å²) in [5, 5.41) is 1.88. The highest BCUT2D eigenvalue weighted by molar-refractivity contribution is 7.12. The van der Waals surface area contributed by atoms with E-state index in [1.165, 1.54) is 11.3 Å². The summed E-state index contributed by atoms with van der Waals surface area (Å²) in [6, 6.07) is 1.91. The van der Waals surface area contributed by atoms with Crippen LogP contribution in [0.15, 0.2) is 36.8 Å². The Kier molecular flexibility index (Phi) is 4.13. The minimum absolute atomic E-state index is 0.254. The Morgan fingerprint density at radius 3 is 2.93 bits per heavy atom. The SMILES string of the molecule is C=CCOC(=O)c1sccc1CC=C. The van der Waals surface area contributed by atoms with E-state index in [1.807, 2.05) is 11.4 Å². The third-order valence-electron chi connectivity index (χ3n) is 1.63. The van der Waals surface area contributed by atoms with Gasteiger partial charge in [0.15, 0.2) is 0 Å². The quantitative estimate of drug-likeness (QED) is 0.549. The number of carbonyl (C=O) groups is 1. The van der Waals surface area contributed by atoms with E-state index in [1.54, 1.807) is 12.2 Å². The number of allylic oxidation sites excluding steroid dienone is 1. The van der Waals surface area contributed by atoms with Crippen molar-refractivity contribution in [2.45, 2.75) is 6.42 Å². The van der Waals surface area contributed by atoms with Gasteiger partial charge in [-0.25, -0.2) is 4.79 Å². The third kappa shape index (κ3) is 2.57. The third-order valence-corrected chi connectivity index (χ3v) is 2.57. The average molecular weight is 208 g/mol. The van der Waals surface area contributed by atoms with E-state index < -0.39 is 0 Å². The van der Waals surface area contributed by atoms with Crippen molar-refractivity contribution in [3.8, 4) is 0 Å². The predicted molar refractivity (Wildman–Crippen MR) is 58.7 cm³/mol. The average Bonchev–Trinajstić information content (AvgIpc) is 2.63. The first kappa shape index (κ1) is 10.7. The summed E-state index contributed by atoms with van der Waals surface area (Å²) >= 11 is 1.39. The molecule has 14 heavy (non-hydrogen) atoms. The maximum Gasteiger partial charge on any atom is 0.348 e. The number of carbonyl (C=O) groups excluding carboxylic acids is 1. The van der Waals surface area contributed by atoms with Crippen molar-refractivity contribution in [3.05, 3.63) is 47.2 Å². The Balaban J connectivity index is 2.72. The summed E-state index contributed by atoms with van der Waals surface area (Å²) < 4.78 is 4.94. The minimum atomic E-state index is -0.281. The van der Waals surface area contributed by atoms with Crippen LogP contribution in [0.3, 0.4) is 0 Å². The highest BCUT2D eigenvalue weighted by Gasteiger charge is 2.12. The molecule has 0 saturated carbocycles. The number of rotatable bonds is 5. The molecule has 1 rings (SSSR count). The number of hydrogen-bond acceptors (Lipinski definition) is 3. The van der Waals surface area contributed by atoms with Crippen LogP contribution in [0.5, 0.6) is 0 Å². The zero-order valence-electron chi connectivity index (χ0n) is 7.86. The lowest BCUT2D eigenvalue weighted by atomic mass is 10.2. The van der Waals surface area contributed by atoms with Crippen LogP contribution in [-0.2, 0) is 11.2 Å². The standard InChI is InChI=1S/C11H12O2S/c1-3-5-9-6-8-14-10(9)11(12)13-7-4-2/h3-4,6,8H,1-2,5,7H2. The fourth-order valence-corrected chi connectivity index (χ4v) is 1.86. The van der Waals surface area contributed by atoms with E-state index in [2.05, 4.69) is 13.2 Å². The highest BCUT2D eigenvalue weighted by atomic mass is 32.1. The molecule has 74 valence electrons. The van der Waals surface area contributed by atoms with Crippen LogP contribution >= 0.6 is 11.3 Å². The minimum Gasteiger partial charge on any atom is -0.457 e. The van der Waals surface area contributed by atoms with Crippen LogP contribution in [0.1, 0.15) is 15.2 Å². The number of hydrogen-bond donors (Lipinski definition) is 0. The van der Waals surface area contributed by atoms with E-state index in [0.717, 1.165) is 5.56 Å². The monoisotopic (exact) mass is 208 g/mol. The Bertz CT molecular complexity index is 339. The van der Waals surface area contributed by atoms with Gasteiger partial charge in [-0.05, 0) is 23.4 Å². The van der Waals surface area contributed by atoms with Crippen LogP contribution in [0.2, 0.25) is 0 Å². The zero-order valence-corrected chi connectivity index (χ0v) is 8.68. The van der Waals surface area contributed by atoms with Crippen LogP contribution in [-0.4, -0.2) is 12.6 Å². The van der Waals surface area contributed by atoms with Crippen molar-refractivity contribution >= 4 is 17.3 Å². The van der Waals surface area contributed by atoms with Crippen LogP contribution < -0.4 is 0 Å². The molecule has 0 N–H and O–H groups in total. The van der Waals surface area contributed by atoms with E-state index in [9.17, 15) is 4.79 Å². The molecule has 0 spiro atoms. The summed E-state index contributed by atoms with van der Waals surface area (Å²) in [6.07, 6.45) is 4.02. The highest BCUT2D eigenvalue weighted by Crippen LogP contribution is 2.18. The summed E-state index contributed by atoms with van der Waals surface area (Å²) in [5.74, 6) is -0.281. The lowest BCUT2D eigenvalue weighted by molar-refractivity contribution is 0.0554. The van der Waals surface area contributed by atoms with Gasteiger partial charge >= 0.3 is 5.97 Å². The first-order valence-electron chi connectivity index (χ1n) is 4.25. The second-order valence-corrected chi connectivity index (χ2v) is 3.57. The van der Waals surface area contributed by atoms with E-state index in [4.69, 9.17) is 4.74 Å². The van der Waals surface area contributed by atoms with Gasteiger partial charge in [-0.2, -0.15) is 0 Å². The largest absolute Gasteiger partial charge is 0.457 e. The van der Waals surface area contributed by atoms with Crippen molar-refractivity contribution in [2.24, 2.45) is 0 Å². The van der Waals surface area contributed by atoms with E-state index >= 15 is 0 Å². The molecule has 0 aliphatic carbocycles. The zero-order chi connectivity index (χ0) is 10.4.